The van der Waals surface area contributed by atoms with Gasteiger partial charge >= 0.3 is 6.18 Å². The summed E-state index contributed by atoms with van der Waals surface area (Å²) in [6.45, 7) is 0.329. The largest absolute Gasteiger partial charge is 0.411 e. The van der Waals surface area contributed by atoms with Crippen molar-refractivity contribution in [2.24, 2.45) is 5.73 Å². The molecule has 1 fully saturated rings. The molecule has 1 saturated heterocycles. The van der Waals surface area contributed by atoms with E-state index in [1.807, 2.05) is 0 Å². The van der Waals surface area contributed by atoms with E-state index in [2.05, 4.69) is 4.98 Å². The average molecular weight is 259 g/mol. The number of likely N-dealkylation sites (tertiary alicyclic amines) is 1. The Labute approximate surface area is 104 Å². The lowest BCUT2D eigenvalue weighted by atomic mass is 9.79. The quantitative estimate of drug-likeness (QED) is 0.837. The van der Waals surface area contributed by atoms with Gasteiger partial charge in [-0.2, -0.15) is 13.2 Å². The third-order valence-electron chi connectivity index (χ3n) is 3.65. The minimum Gasteiger partial charge on any atom is -0.328 e. The second kappa shape index (κ2) is 4.51. The van der Waals surface area contributed by atoms with Crippen molar-refractivity contribution in [1.29, 1.82) is 0 Å². The van der Waals surface area contributed by atoms with E-state index in [1.165, 1.54) is 36.5 Å². The molecule has 2 heterocycles. The Balaban J connectivity index is 2.53. The van der Waals surface area contributed by atoms with Crippen LogP contribution in [0.4, 0.5) is 13.2 Å². The highest BCUT2D eigenvalue weighted by Gasteiger charge is 2.60. The van der Waals surface area contributed by atoms with E-state index in [0.29, 0.717) is 13.0 Å². The number of nitrogens with zero attached hydrogens (tertiary/aromatic N) is 2. The van der Waals surface area contributed by atoms with E-state index in [-0.39, 0.29) is 12.0 Å². The molecule has 0 aromatic carbocycles. The van der Waals surface area contributed by atoms with Crippen LogP contribution in [0.2, 0.25) is 0 Å². The Morgan fingerprint density at radius 3 is 2.78 bits per heavy atom. The van der Waals surface area contributed by atoms with Gasteiger partial charge in [-0.15, -0.1) is 0 Å². The second-order valence-corrected chi connectivity index (χ2v) is 4.77. The fraction of sp³-hybridized carbons (Fsp3) is 0.583. The number of rotatable bonds is 1. The monoisotopic (exact) mass is 259 g/mol. The average Bonchev–Trinajstić information content (AvgIpc) is 2.32. The predicted octanol–water partition coefficient (Wildman–Crippen LogP) is 1.89. The smallest absolute Gasteiger partial charge is 0.328 e. The molecular weight excluding hydrogens is 243 g/mol. The van der Waals surface area contributed by atoms with Gasteiger partial charge in [-0.25, -0.2) is 0 Å². The van der Waals surface area contributed by atoms with Crippen LogP contribution in [0.5, 0.6) is 0 Å². The first-order chi connectivity index (χ1) is 8.38. The van der Waals surface area contributed by atoms with E-state index in [4.69, 9.17) is 5.73 Å². The second-order valence-electron chi connectivity index (χ2n) is 4.77. The minimum atomic E-state index is -4.37. The molecule has 0 amide bonds. The van der Waals surface area contributed by atoms with Crippen LogP contribution in [0.25, 0.3) is 0 Å². The fourth-order valence-electron chi connectivity index (χ4n) is 2.63. The van der Waals surface area contributed by atoms with E-state index in [9.17, 15) is 13.2 Å². The molecule has 6 heteroatoms. The van der Waals surface area contributed by atoms with Crippen molar-refractivity contribution in [3.63, 3.8) is 0 Å². The molecule has 2 rings (SSSR count). The SMILES string of the molecule is CN1CCC(N)CC1(c1cccnc1)C(F)(F)F. The van der Waals surface area contributed by atoms with Gasteiger partial charge in [-0.05, 0) is 31.5 Å². The van der Waals surface area contributed by atoms with Crippen LogP contribution in [0.3, 0.4) is 0 Å². The highest BCUT2D eigenvalue weighted by molar-refractivity contribution is 5.25. The van der Waals surface area contributed by atoms with E-state index < -0.39 is 17.8 Å². The maximum absolute atomic E-state index is 13.6. The van der Waals surface area contributed by atoms with Gasteiger partial charge in [-0.3, -0.25) is 9.88 Å². The molecule has 2 N–H and O–H groups in total. The molecule has 0 aliphatic carbocycles. The Hall–Kier alpha value is -1.14. The fourth-order valence-corrected chi connectivity index (χ4v) is 2.63. The number of piperidine rings is 1. The Bertz CT molecular complexity index is 407. The summed E-state index contributed by atoms with van der Waals surface area (Å²) < 4.78 is 40.7. The molecule has 1 aliphatic rings. The Morgan fingerprint density at radius 1 is 1.50 bits per heavy atom. The molecule has 0 saturated carbocycles. The lowest BCUT2D eigenvalue weighted by Crippen LogP contribution is -2.60. The van der Waals surface area contributed by atoms with Crippen molar-refractivity contribution in [2.45, 2.75) is 30.6 Å². The first kappa shape index (κ1) is 13.3. The highest BCUT2D eigenvalue weighted by atomic mass is 19.4. The molecule has 1 aromatic rings. The third-order valence-corrected chi connectivity index (χ3v) is 3.65. The number of hydrogen-bond donors (Lipinski definition) is 1. The van der Waals surface area contributed by atoms with Crippen LogP contribution >= 0.6 is 0 Å². The summed E-state index contributed by atoms with van der Waals surface area (Å²) in [5, 5.41) is 0. The molecule has 0 radical (unpaired) electrons. The van der Waals surface area contributed by atoms with Crippen molar-refractivity contribution in [1.82, 2.24) is 9.88 Å². The van der Waals surface area contributed by atoms with Crippen molar-refractivity contribution in [3.05, 3.63) is 30.1 Å². The van der Waals surface area contributed by atoms with Crippen LogP contribution in [-0.2, 0) is 5.54 Å². The van der Waals surface area contributed by atoms with Crippen LogP contribution < -0.4 is 5.73 Å². The Kier molecular flexibility index (Phi) is 3.33. The van der Waals surface area contributed by atoms with Gasteiger partial charge < -0.3 is 5.73 Å². The third kappa shape index (κ3) is 1.99. The number of halogens is 3. The predicted molar refractivity (Wildman–Crippen MR) is 61.8 cm³/mol. The summed E-state index contributed by atoms with van der Waals surface area (Å²) in [4.78, 5) is 5.15. The first-order valence-corrected chi connectivity index (χ1v) is 5.82. The lowest BCUT2D eigenvalue weighted by molar-refractivity contribution is -0.245. The van der Waals surface area contributed by atoms with Gasteiger partial charge in [0.2, 0.25) is 0 Å². The maximum atomic E-state index is 13.6. The van der Waals surface area contributed by atoms with Crippen molar-refractivity contribution < 1.29 is 13.2 Å². The molecule has 1 aliphatic heterocycles. The lowest BCUT2D eigenvalue weighted by Gasteiger charge is -2.48. The van der Waals surface area contributed by atoms with Crippen molar-refractivity contribution in [3.8, 4) is 0 Å². The summed E-state index contributed by atoms with van der Waals surface area (Å²) >= 11 is 0. The first-order valence-electron chi connectivity index (χ1n) is 5.82. The Morgan fingerprint density at radius 2 is 2.22 bits per heavy atom. The number of pyridine rings is 1. The molecule has 2 unspecified atom stereocenters. The minimum absolute atomic E-state index is 0.126. The summed E-state index contributed by atoms with van der Waals surface area (Å²) in [6, 6.07) is 2.55. The number of nitrogens with two attached hydrogens (primary N) is 1. The molecule has 0 spiro atoms. The molecule has 0 bridgehead atoms. The topological polar surface area (TPSA) is 42.1 Å². The summed E-state index contributed by atoms with van der Waals surface area (Å²) in [5.74, 6) is 0. The van der Waals surface area contributed by atoms with Gasteiger partial charge in [0.05, 0.1) is 0 Å². The van der Waals surface area contributed by atoms with Gasteiger partial charge in [0.1, 0.15) is 5.54 Å². The van der Waals surface area contributed by atoms with E-state index >= 15 is 0 Å². The zero-order chi connectivity index (χ0) is 13.4. The molecule has 100 valence electrons. The van der Waals surface area contributed by atoms with Gasteiger partial charge in [0, 0.05) is 25.0 Å². The molecule has 2 atom stereocenters. The zero-order valence-electron chi connectivity index (χ0n) is 10.1. The number of aromatic nitrogens is 1. The summed E-state index contributed by atoms with van der Waals surface area (Å²) in [6.07, 6.45) is -1.17. The molecule has 1 aromatic heterocycles. The summed E-state index contributed by atoms with van der Waals surface area (Å²) in [7, 11) is 1.49. The van der Waals surface area contributed by atoms with Crippen molar-refractivity contribution >= 4 is 0 Å². The van der Waals surface area contributed by atoms with Crippen LogP contribution in [-0.4, -0.2) is 35.7 Å². The highest BCUT2D eigenvalue weighted by Crippen LogP contribution is 2.48. The summed E-state index contributed by atoms with van der Waals surface area (Å²) in [5.41, 5.74) is 3.91. The molecular formula is C12H16F3N3. The van der Waals surface area contributed by atoms with E-state index in [0.717, 1.165) is 0 Å². The van der Waals surface area contributed by atoms with Gasteiger partial charge in [0.25, 0.3) is 0 Å². The maximum Gasteiger partial charge on any atom is 0.411 e. The normalized spacial score (nSPS) is 30.4. The zero-order valence-corrected chi connectivity index (χ0v) is 10.1. The van der Waals surface area contributed by atoms with E-state index in [1.54, 1.807) is 0 Å². The van der Waals surface area contributed by atoms with Gasteiger partial charge in [-0.1, -0.05) is 6.07 Å². The molecule has 3 nitrogen and oxygen atoms in total. The van der Waals surface area contributed by atoms with Crippen molar-refractivity contribution in [2.75, 3.05) is 13.6 Å². The molecule has 18 heavy (non-hydrogen) atoms. The number of alkyl halides is 3. The van der Waals surface area contributed by atoms with Gasteiger partial charge in [0.15, 0.2) is 0 Å². The van der Waals surface area contributed by atoms with Crippen LogP contribution in [0, 0.1) is 0 Å². The number of hydrogen-bond acceptors (Lipinski definition) is 3. The standard InChI is InChI=1S/C12H16F3N3/c1-18-6-4-10(16)7-11(18,12(13,14)15)9-3-2-5-17-8-9/h2-3,5,8,10H,4,6-7,16H2,1H3. The van der Waals surface area contributed by atoms with Crippen LogP contribution in [0.15, 0.2) is 24.5 Å². The van der Waals surface area contributed by atoms with Crippen LogP contribution in [0.1, 0.15) is 18.4 Å².